The van der Waals surface area contributed by atoms with Crippen molar-refractivity contribution in [2.24, 2.45) is 0 Å². The van der Waals surface area contributed by atoms with E-state index in [1.165, 1.54) is 31.4 Å². The summed E-state index contributed by atoms with van der Waals surface area (Å²) in [4.78, 5) is 15.9. The number of nitrogens with zero attached hydrogens (tertiary/aromatic N) is 6. The van der Waals surface area contributed by atoms with E-state index in [0.717, 1.165) is 56.7 Å². The molecule has 1 aromatic heterocycles. The number of piperazine rings is 1. The molecule has 0 amide bonds. The Bertz CT molecular complexity index is 835. The number of rotatable bonds is 3. The number of anilines is 3. The van der Waals surface area contributed by atoms with Crippen molar-refractivity contribution in [2.75, 3.05) is 54.0 Å². The van der Waals surface area contributed by atoms with Gasteiger partial charge in [-0.1, -0.05) is 0 Å². The molecule has 4 rings (SSSR count). The van der Waals surface area contributed by atoms with Crippen molar-refractivity contribution >= 4 is 17.5 Å². The van der Waals surface area contributed by atoms with Gasteiger partial charge in [0, 0.05) is 51.2 Å². The smallest absolute Gasteiger partial charge is 0.227 e. The van der Waals surface area contributed by atoms with Crippen molar-refractivity contribution in [2.45, 2.75) is 19.3 Å². The fourth-order valence-corrected chi connectivity index (χ4v) is 3.78. The maximum atomic E-state index is 13.7. The second kappa shape index (κ2) is 7.78. The van der Waals surface area contributed by atoms with Crippen LogP contribution >= 0.6 is 0 Å². The van der Waals surface area contributed by atoms with Gasteiger partial charge < -0.3 is 14.7 Å². The molecule has 3 heterocycles. The highest BCUT2D eigenvalue weighted by molar-refractivity contribution is 5.54. The minimum Gasteiger partial charge on any atom is -0.368 e. The summed E-state index contributed by atoms with van der Waals surface area (Å²) in [7, 11) is 0. The maximum absolute atomic E-state index is 13.7. The first-order chi connectivity index (χ1) is 13.2. The second-order valence-electron chi connectivity index (χ2n) is 7.05. The number of aromatic nitrogens is 2. The van der Waals surface area contributed by atoms with Crippen LogP contribution in [-0.4, -0.2) is 49.2 Å². The van der Waals surface area contributed by atoms with Gasteiger partial charge >= 0.3 is 0 Å². The molecule has 0 atom stereocenters. The topological polar surface area (TPSA) is 59.3 Å². The Balaban J connectivity index is 1.43. The summed E-state index contributed by atoms with van der Waals surface area (Å²) in [5, 5.41) is 9.05. The number of hydrogen-bond acceptors (Lipinski definition) is 6. The molecule has 140 valence electrons. The van der Waals surface area contributed by atoms with Crippen molar-refractivity contribution < 1.29 is 4.39 Å². The van der Waals surface area contributed by atoms with Crippen LogP contribution < -0.4 is 14.7 Å². The van der Waals surface area contributed by atoms with Crippen molar-refractivity contribution in [3.8, 4) is 6.07 Å². The SMILES string of the molecule is N#Cc1cc(F)cc(N2CCN(c3ccnc(N4CCCCC4)n3)CC2)c1. The zero-order valence-corrected chi connectivity index (χ0v) is 15.3. The first kappa shape index (κ1) is 17.5. The summed E-state index contributed by atoms with van der Waals surface area (Å²) in [6.45, 7) is 5.18. The van der Waals surface area contributed by atoms with E-state index in [0.29, 0.717) is 5.56 Å². The lowest BCUT2D eigenvalue weighted by atomic mass is 10.1. The van der Waals surface area contributed by atoms with Gasteiger partial charge in [-0.25, -0.2) is 9.37 Å². The largest absolute Gasteiger partial charge is 0.368 e. The van der Waals surface area contributed by atoms with Crippen LogP contribution in [0.4, 0.5) is 21.8 Å². The van der Waals surface area contributed by atoms with Gasteiger partial charge in [0.1, 0.15) is 11.6 Å². The lowest BCUT2D eigenvalue weighted by Crippen LogP contribution is -2.47. The molecule has 2 aromatic rings. The Labute approximate surface area is 158 Å². The highest BCUT2D eigenvalue weighted by atomic mass is 19.1. The van der Waals surface area contributed by atoms with Crippen molar-refractivity contribution in [3.05, 3.63) is 41.8 Å². The summed E-state index contributed by atoms with van der Waals surface area (Å²) in [6, 6.07) is 8.49. The standard InChI is InChI=1S/C20H23FN6/c21-17-12-16(15-22)13-18(14-17)25-8-10-26(11-9-25)19-4-5-23-20(24-19)27-6-2-1-3-7-27/h4-5,12-14H,1-3,6-11H2. The minimum absolute atomic E-state index is 0.356. The molecule has 0 bridgehead atoms. The third kappa shape index (κ3) is 3.95. The van der Waals surface area contributed by atoms with Gasteiger partial charge in [-0.15, -0.1) is 0 Å². The third-order valence-corrected chi connectivity index (χ3v) is 5.25. The number of hydrogen-bond donors (Lipinski definition) is 0. The fraction of sp³-hybridized carbons (Fsp3) is 0.450. The predicted molar refractivity (Wildman–Crippen MR) is 104 cm³/mol. The monoisotopic (exact) mass is 366 g/mol. The van der Waals surface area contributed by atoms with E-state index in [9.17, 15) is 4.39 Å². The van der Waals surface area contributed by atoms with Gasteiger partial charge in [-0.05, 0) is 43.5 Å². The second-order valence-corrected chi connectivity index (χ2v) is 7.05. The van der Waals surface area contributed by atoms with Crippen LogP contribution in [0.5, 0.6) is 0 Å². The van der Waals surface area contributed by atoms with E-state index in [4.69, 9.17) is 10.2 Å². The highest BCUT2D eigenvalue weighted by Gasteiger charge is 2.21. The van der Waals surface area contributed by atoms with Crippen LogP contribution in [0.3, 0.4) is 0 Å². The summed E-state index contributed by atoms with van der Waals surface area (Å²) in [5.74, 6) is 1.40. The quantitative estimate of drug-likeness (QED) is 0.833. The number of benzene rings is 1. The Morgan fingerprint density at radius 2 is 1.63 bits per heavy atom. The van der Waals surface area contributed by atoms with Gasteiger partial charge in [0.05, 0.1) is 11.6 Å². The number of halogens is 1. The first-order valence-corrected chi connectivity index (χ1v) is 9.51. The van der Waals surface area contributed by atoms with Crippen LogP contribution in [0.15, 0.2) is 30.5 Å². The van der Waals surface area contributed by atoms with E-state index in [2.05, 4.69) is 19.7 Å². The third-order valence-electron chi connectivity index (χ3n) is 5.25. The van der Waals surface area contributed by atoms with E-state index >= 15 is 0 Å². The van der Waals surface area contributed by atoms with Crippen LogP contribution in [0.1, 0.15) is 24.8 Å². The zero-order chi connectivity index (χ0) is 18.6. The molecule has 7 heteroatoms. The summed E-state index contributed by atoms with van der Waals surface area (Å²) in [5.41, 5.74) is 1.12. The van der Waals surface area contributed by atoms with Crippen molar-refractivity contribution in [1.82, 2.24) is 9.97 Å². The fourth-order valence-electron chi connectivity index (χ4n) is 3.78. The lowest BCUT2D eigenvalue weighted by Gasteiger charge is -2.37. The highest BCUT2D eigenvalue weighted by Crippen LogP contribution is 2.23. The minimum atomic E-state index is -0.367. The Hall–Kier alpha value is -2.88. The molecule has 2 aliphatic heterocycles. The summed E-state index contributed by atoms with van der Waals surface area (Å²) in [6.07, 6.45) is 5.52. The zero-order valence-electron chi connectivity index (χ0n) is 15.3. The van der Waals surface area contributed by atoms with Crippen LogP contribution in [0.25, 0.3) is 0 Å². The van der Waals surface area contributed by atoms with Crippen molar-refractivity contribution in [3.63, 3.8) is 0 Å². The Morgan fingerprint density at radius 1 is 0.889 bits per heavy atom. The molecule has 0 aliphatic carbocycles. The number of piperidine rings is 1. The Kier molecular flexibility index (Phi) is 5.05. The summed E-state index contributed by atoms with van der Waals surface area (Å²) < 4.78 is 13.7. The van der Waals surface area contributed by atoms with E-state index in [1.807, 2.05) is 18.3 Å². The predicted octanol–water partition coefficient (Wildman–Crippen LogP) is 2.80. The van der Waals surface area contributed by atoms with Crippen LogP contribution in [0, 0.1) is 17.1 Å². The van der Waals surface area contributed by atoms with E-state index in [1.54, 1.807) is 6.07 Å². The van der Waals surface area contributed by atoms with Crippen LogP contribution in [0.2, 0.25) is 0 Å². The van der Waals surface area contributed by atoms with E-state index in [-0.39, 0.29) is 5.82 Å². The molecule has 0 unspecified atom stereocenters. The van der Waals surface area contributed by atoms with Gasteiger partial charge in [0.25, 0.3) is 0 Å². The lowest BCUT2D eigenvalue weighted by molar-refractivity contribution is 0.567. The Morgan fingerprint density at radius 3 is 2.37 bits per heavy atom. The first-order valence-electron chi connectivity index (χ1n) is 9.51. The number of nitriles is 1. The van der Waals surface area contributed by atoms with Crippen molar-refractivity contribution in [1.29, 1.82) is 5.26 Å². The molecule has 27 heavy (non-hydrogen) atoms. The summed E-state index contributed by atoms with van der Waals surface area (Å²) >= 11 is 0. The van der Waals surface area contributed by atoms with Gasteiger partial charge in [-0.3, -0.25) is 0 Å². The van der Waals surface area contributed by atoms with Crippen LogP contribution in [-0.2, 0) is 0 Å². The maximum Gasteiger partial charge on any atom is 0.227 e. The van der Waals surface area contributed by atoms with E-state index < -0.39 is 0 Å². The molecule has 2 saturated heterocycles. The normalized spacial score (nSPS) is 17.7. The molecule has 0 spiro atoms. The molecule has 0 radical (unpaired) electrons. The molecule has 0 N–H and O–H groups in total. The van der Waals surface area contributed by atoms with Gasteiger partial charge in [0.15, 0.2) is 0 Å². The molecule has 6 nitrogen and oxygen atoms in total. The van der Waals surface area contributed by atoms with Gasteiger partial charge in [0.2, 0.25) is 5.95 Å². The molecule has 2 fully saturated rings. The van der Waals surface area contributed by atoms with Gasteiger partial charge in [-0.2, -0.15) is 10.2 Å². The molecular formula is C20H23FN6. The molecular weight excluding hydrogens is 343 g/mol. The molecule has 2 aliphatic rings. The average molecular weight is 366 g/mol. The molecule has 1 aromatic carbocycles. The molecule has 0 saturated carbocycles. The average Bonchev–Trinajstić information content (AvgIpc) is 2.74.